The number of rotatable bonds is 4. The molecule has 3 atom stereocenters. The smallest absolute Gasteiger partial charge is 0.269 e. The first-order valence-electron chi connectivity index (χ1n) is 7.19. The summed E-state index contributed by atoms with van der Waals surface area (Å²) < 4.78 is 0. The molecule has 0 bridgehead atoms. The second kappa shape index (κ2) is 6.22. The molecule has 0 spiro atoms. The molecule has 0 radical (unpaired) electrons. The van der Waals surface area contributed by atoms with E-state index in [-0.39, 0.29) is 23.6 Å². The number of non-ortho nitro benzene ring substituents is 1. The van der Waals surface area contributed by atoms with Gasteiger partial charge in [0, 0.05) is 24.7 Å². The Bertz CT molecular complexity index is 547. The monoisotopic (exact) mass is 291 g/mol. The summed E-state index contributed by atoms with van der Waals surface area (Å²) in [5.74, 6) is -0.0240. The largest absolute Gasteiger partial charge is 0.339 e. The summed E-state index contributed by atoms with van der Waals surface area (Å²) in [5, 5.41) is 10.8. The number of carbonyl (C=O) groups is 1. The Balaban J connectivity index is 2.16. The molecule has 114 valence electrons. The molecule has 21 heavy (non-hydrogen) atoms. The lowest BCUT2D eigenvalue weighted by atomic mass is 9.99. The summed E-state index contributed by atoms with van der Waals surface area (Å²) in [5.41, 5.74) is 6.38. The van der Waals surface area contributed by atoms with Crippen molar-refractivity contribution in [1.29, 1.82) is 0 Å². The van der Waals surface area contributed by atoms with Crippen LogP contribution in [0.25, 0.3) is 0 Å². The lowest BCUT2D eigenvalue weighted by Crippen LogP contribution is -2.37. The second-order valence-electron chi connectivity index (χ2n) is 5.75. The minimum Gasteiger partial charge on any atom is -0.339 e. The average molecular weight is 291 g/mol. The highest BCUT2D eigenvalue weighted by atomic mass is 16.6. The third kappa shape index (κ3) is 3.21. The van der Waals surface area contributed by atoms with Gasteiger partial charge in [0.2, 0.25) is 5.91 Å². The maximum Gasteiger partial charge on any atom is 0.269 e. The van der Waals surface area contributed by atoms with E-state index < -0.39 is 4.92 Å². The molecule has 1 aliphatic rings. The highest BCUT2D eigenvalue weighted by Crippen LogP contribution is 2.28. The van der Waals surface area contributed by atoms with Crippen molar-refractivity contribution in [2.24, 2.45) is 11.7 Å². The van der Waals surface area contributed by atoms with Crippen LogP contribution in [0.15, 0.2) is 24.3 Å². The van der Waals surface area contributed by atoms with Crippen molar-refractivity contribution in [3.8, 4) is 0 Å². The zero-order valence-electron chi connectivity index (χ0n) is 12.4. The van der Waals surface area contributed by atoms with E-state index >= 15 is 0 Å². The van der Waals surface area contributed by atoms with Crippen LogP contribution in [0.4, 0.5) is 5.69 Å². The van der Waals surface area contributed by atoms with E-state index in [0.29, 0.717) is 24.6 Å². The normalized spacial score (nSPS) is 23.1. The van der Waals surface area contributed by atoms with Crippen LogP contribution >= 0.6 is 0 Å². The van der Waals surface area contributed by atoms with Crippen LogP contribution < -0.4 is 5.73 Å². The average Bonchev–Trinajstić information content (AvgIpc) is 2.87. The lowest BCUT2D eigenvalue weighted by molar-refractivity contribution is -0.384. The highest BCUT2D eigenvalue weighted by molar-refractivity contribution is 5.84. The lowest BCUT2D eigenvalue weighted by Gasteiger charge is -2.25. The summed E-state index contributed by atoms with van der Waals surface area (Å²) in [6.07, 6.45) is 0.921. The van der Waals surface area contributed by atoms with Crippen molar-refractivity contribution in [2.75, 3.05) is 13.1 Å². The molecule has 0 saturated carbocycles. The summed E-state index contributed by atoms with van der Waals surface area (Å²) in [6.45, 7) is 5.08. The Morgan fingerprint density at radius 2 is 2.29 bits per heavy atom. The molecule has 1 aromatic carbocycles. The highest BCUT2D eigenvalue weighted by Gasteiger charge is 2.34. The molecule has 2 N–H and O–H groups in total. The maximum atomic E-state index is 12.6. The zero-order chi connectivity index (χ0) is 15.6. The van der Waals surface area contributed by atoms with Gasteiger partial charge in [-0.05, 0) is 38.3 Å². The Morgan fingerprint density at radius 3 is 2.86 bits per heavy atom. The van der Waals surface area contributed by atoms with Crippen LogP contribution in [0.3, 0.4) is 0 Å². The third-order valence-corrected chi connectivity index (χ3v) is 4.23. The van der Waals surface area contributed by atoms with E-state index in [4.69, 9.17) is 5.73 Å². The van der Waals surface area contributed by atoms with Gasteiger partial charge in [0.05, 0.1) is 10.8 Å². The number of carbonyl (C=O) groups excluding carboxylic acids is 1. The fourth-order valence-corrected chi connectivity index (χ4v) is 2.92. The van der Waals surface area contributed by atoms with Crippen molar-refractivity contribution in [3.63, 3.8) is 0 Å². The van der Waals surface area contributed by atoms with Crippen molar-refractivity contribution in [1.82, 2.24) is 4.90 Å². The fourth-order valence-electron chi connectivity index (χ4n) is 2.92. The van der Waals surface area contributed by atoms with Gasteiger partial charge in [-0.3, -0.25) is 14.9 Å². The van der Waals surface area contributed by atoms with Crippen LogP contribution in [0.5, 0.6) is 0 Å². The quantitative estimate of drug-likeness (QED) is 0.677. The molecule has 2 rings (SSSR count). The summed E-state index contributed by atoms with van der Waals surface area (Å²) in [7, 11) is 0. The zero-order valence-corrected chi connectivity index (χ0v) is 12.4. The Morgan fingerprint density at radius 1 is 1.57 bits per heavy atom. The van der Waals surface area contributed by atoms with Crippen molar-refractivity contribution < 1.29 is 9.72 Å². The summed E-state index contributed by atoms with van der Waals surface area (Å²) >= 11 is 0. The molecule has 1 saturated heterocycles. The van der Waals surface area contributed by atoms with Gasteiger partial charge >= 0.3 is 0 Å². The van der Waals surface area contributed by atoms with E-state index in [2.05, 4.69) is 0 Å². The van der Waals surface area contributed by atoms with E-state index in [1.165, 1.54) is 12.1 Å². The second-order valence-corrected chi connectivity index (χ2v) is 5.75. The Kier molecular flexibility index (Phi) is 4.57. The van der Waals surface area contributed by atoms with Gasteiger partial charge in [-0.15, -0.1) is 0 Å². The van der Waals surface area contributed by atoms with Crippen LogP contribution in [0, 0.1) is 16.0 Å². The minimum atomic E-state index is -0.441. The van der Waals surface area contributed by atoms with E-state index in [1.807, 2.05) is 11.8 Å². The number of nitrogens with zero attached hydrogens (tertiary/aromatic N) is 2. The first-order valence-corrected chi connectivity index (χ1v) is 7.19. The van der Waals surface area contributed by atoms with Crippen LogP contribution in [0.2, 0.25) is 0 Å². The Hall–Kier alpha value is -1.95. The van der Waals surface area contributed by atoms with Gasteiger partial charge in [0.15, 0.2) is 0 Å². The van der Waals surface area contributed by atoms with Gasteiger partial charge in [-0.25, -0.2) is 0 Å². The molecule has 1 fully saturated rings. The number of hydrogen-bond acceptors (Lipinski definition) is 4. The predicted octanol–water partition coefficient (Wildman–Crippen LogP) is 1.89. The van der Waals surface area contributed by atoms with Gasteiger partial charge < -0.3 is 10.6 Å². The van der Waals surface area contributed by atoms with Gasteiger partial charge in [-0.1, -0.05) is 12.1 Å². The van der Waals surface area contributed by atoms with E-state index in [0.717, 1.165) is 6.42 Å². The van der Waals surface area contributed by atoms with Crippen molar-refractivity contribution >= 4 is 11.6 Å². The number of hydrogen-bond donors (Lipinski definition) is 1. The molecule has 1 heterocycles. The number of nitrogens with two attached hydrogens (primary N) is 1. The number of nitro groups is 1. The third-order valence-electron chi connectivity index (χ3n) is 4.23. The molecule has 3 unspecified atom stereocenters. The number of benzene rings is 1. The SMILES string of the molecule is CC(C(=O)N1CC(CN)CC1C)c1cccc([N+](=O)[O-])c1. The van der Waals surface area contributed by atoms with Gasteiger partial charge in [0.25, 0.3) is 5.69 Å². The molecular weight excluding hydrogens is 270 g/mol. The molecule has 0 aromatic heterocycles. The molecule has 6 nitrogen and oxygen atoms in total. The molecule has 1 aromatic rings. The molecule has 1 aliphatic heterocycles. The molecule has 1 amide bonds. The van der Waals surface area contributed by atoms with Crippen LogP contribution in [-0.2, 0) is 4.79 Å². The number of amides is 1. The fraction of sp³-hybridized carbons (Fsp3) is 0.533. The van der Waals surface area contributed by atoms with E-state index in [1.54, 1.807) is 19.1 Å². The predicted molar refractivity (Wildman–Crippen MR) is 79.8 cm³/mol. The molecule has 6 heteroatoms. The number of likely N-dealkylation sites (tertiary alicyclic amines) is 1. The first kappa shape index (κ1) is 15.4. The first-order chi connectivity index (χ1) is 9.93. The van der Waals surface area contributed by atoms with Gasteiger partial charge in [-0.2, -0.15) is 0 Å². The van der Waals surface area contributed by atoms with Crippen LogP contribution in [0.1, 0.15) is 31.7 Å². The summed E-state index contributed by atoms with van der Waals surface area (Å²) in [6, 6.07) is 6.46. The van der Waals surface area contributed by atoms with Crippen LogP contribution in [-0.4, -0.2) is 34.9 Å². The van der Waals surface area contributed by atoms with Gasteiger partial charge in [0.1, 0.15) is 0 Å². The standard InChI is InChI=1S/C15H21N3O3/c1-10-6-12(8-16)9-17(10)15(19)11(2)13-4-3-5-14(7-13)18(20)21/h3-5,7,10-12H,6,8-9,16H2,1-2H3. The number of nitro benzene ring substituents is 1. The minimum absolute atomic E-state index is 0.0129. The Labute approximate surface area is 124 Å². The summed E-state index contributed by atoms with van der Waals surface area (Å²) in [4.78, 5) is 24.9. The van der Waals surface area contributed by atoms with Crippen molar-refractivity contribution in [2.45, 2.75) is 32.2 Å². The van der Waals surface area contributed by atoms with Crippen molar-refractivity contribution in [3.05, 3.63) is 39.9 Å². The maximum absolute atomic E-state index is 12.6. The molecule has 0 aliphatic carbocycles. The topological polar surface area (TPSA) is 89.5 Å². The molecular formula is C15H21N3O3. The van der Waals surface area contributed by atoms with E-state index in [9.17, 15) is 14.9 Å².